The molecule has 0 aliphatic carbocycles. The van der Waals surface area contributed by atoms with E-state index in [0.717, 1.165) is 0 Å². The second-order valence-electron chi connectivity index (χ2n) is 18.1. The van der Waals surface area contributed by atoms with Crippen molar-refractivity contribution in [3.05, 3.63) is 0 Å². The molecule has 19 N–H and O–H groups in total. The smallest absolute Gasteiger partial charge is 0.303 e. The summed E-state index contributed by atoms with van der Waals surface area (Å²) in [7, 11) is 0. The summed E-state index contributed by atoms with van der Waals surface area (Å²) in [6, 6.07) is -12.6. The van der Waals surface area contributed by atoms with Crippen LogP contribution in [-0.4, -0.2) is 214 Å². The van der Waals surface area contributed by atoms with Crippen molar-refractivity contribution < 1.29 is 107 Å². The summed E-state index contributed by atoms with van der Waals surface area (Å²) < 4.78 is 5.22. The Balaban J connectivity index is 6.17. The van der Waals surface area contributed by atoms with Gasteiger partial charge in [-0.25, -0.2) is 0 Å². The number of rotatable bonds is 45. The first kappa shape index (κ1) is 73.8. The standard InChI is InChI=1S/C47H76N12O22S/c1-4-32(60)54-31(23-82-3)47(80)52-24(2)41(74)51-21-33(61)50-19-20-81-22-34(62)53-26(8-13-35(63)64)42(75)56-28(10-15-37(67)68)44(77)58-30(12-17-39(71)72)46(79)59-29(11-16-38(69)70)45(78)57-27(9-14-36(65)66)43(76)55-25(40(49)73)7-5-6-18-48/h24-31H,4-23,48H2,1-3H3,(H2,49,73)(H,50,61)(H,51,74)(H,52,80)(H,53,62)(H,54,60)(H,55,76)(H,56,75)(H,57,78)(H,58,77)(H,59,79)(H,63,64)(H,65,66)(H,67,68)(H,69,70)(H,71,72)/t24-,25+,26+,27+,28+,29+,30+,31-/m0/s1. The molecule has 0 saturated heterocycles. The van der Waals surface area contributed by atoms with Gasteiger partial charge in [0.25, 0.3) is 0 Å². The predicted molar refractivity (Wildman–Crippen MR) is 283 cm³/mol. The molecule has 34 nitrogen and oxygen atoms in total. The van der Waals surface area contributed by atoms with Crippen molar-refractivity contribution >= 4 is 107 Å². The number of thioether (sulfide) groups is 1. The number of carboxylic acids is 5. The van der Waals surface area contributed by atoms with Crippen LogP contribution in [0.2, 0.25) is 0 Å². The maximum atomic E-state index is 13.8. The zero-order valence-electron chi connectivity index (χ0n) is 45.5. The molecule has 0 unspecified atom stereocenters. The molecule has 35 heteroatoms. The molecule has 0 radical (unpaired) electrons. The molecule has 0 aromatic rings. The largest absolute Gasteiger partial charge is 0.481 e. The van der Waals surface area contributed by atoms with Crippen LogP contribution in [0.15, 0.2) is 0 Å². The van der Waals surface area contributed by atoms with E-state index in [1.54, 1.807) is 13.2 Å². The number of hydrogen-bond donors (Lipinski definition) is 17. The Morgan fingerprint density at radius 2 is 0.817 bits per heavy atom. The van der Waals surface area contributed by atoms with Crippen molar-refractivity contribution in [2.75, 3.05) is 44.9 Å². The number of ether oxygens (including phenoxy) is 1. The van der Waals surface area contributed by atoms with E-state index in [2.05, 4.69) is 53.2 Å². The van der Waals surface area contributed by atoms with Gasteiger partial charge < -0.3 is 94.9 Å². The van der Waals surface area contributed by atoms with Crippen molar-refractivity contribution in [1.29, 1.82) is 0 Å². The van der Waals surface area contributed by atoms with E-state index in [-0.39, 0.29) is 44.2 Å². The Morgan fingerprint density at radius 3 is 1.17 bits per heavy atom. The van der Waals surface area contributed by atoms with Gasteiger partial charge in [-0.15, -0.1) is 0 Å². The maximum Gasteiger partial charge on any atom is 0.303 e. The number of hydrogen-bond acceptors (Lipinski definition) is 19. The summed E-state index contributed by atoms with van der Waals surface area (Å²) in [6.45, 7) is 1.30. The van der Waals surface area contributed by atoms with Gasteiger partial charge in [-0.3, -0.25) is 76.7 Å². The molecular formula is C47H76N12O22S. The van der Waals surface area contributed by atoms with Crippen molar-refractivity contribution in [1.82, 2.24) is 53.2 Å². The number of unbranched alkanes of at least 4 members (excludes halogenated alkanes) is 1. The molecule has 82 heavy (non-hydrogen) atoms. The zero-order valence-corrected chi connectivity index (χ0v) is 46.3. The quantitative estimate of drug-likeness (QED) is 0.0252. The highest BCUT2D eigenvalue weighted by Gasteiger charge is 2.35. The van der Waals surface area contributed by atoms with Crippen LogP contribution >= 0.6 is 11.8 Å². The average Bonchev–Trinajstić information content (AvgIpc) is 3.42. The summed E-state index contributed by atoms with van der Waals surface area (Å²) in [6.07, 6.45) is -4.84. The molecule has 0 fully saturated rings. The topological polar surface area (TPSA) is 556 Å². The molecule has 0 aromatic heterocycles. The van der Waals surface area contributed by atoms with Crippen molar-refractivity contribution in [2.24, 2.45) is 11.5 Å². The number of aliphatic carboxylic acids is 5. The first-order valence-corrected chi connectivity index (χ1v) is 27.0. The lowest BCUT2D eigenvalue weighted by atomic mass is 10.0. The van der Waals surface area contributed by atoms with Crippen LogP contribution < -0.4 is 64.6 Å². The number of nitrogens with two attached hydrogens (primary N) is 2. The molecule has 0 aliphatic heterocycles. The maximum absolute atomic E-state index is 13.8. The van der Waals surface area contributed by atoms with Gasteiger partial charge in [-0.2, -0.15) is 11.8 Å². The second-order valence-corrected chi connectivity index (χ2v) is 19.0. The van der Waals surface area contributed by atoms with Crippen LogP contribution in [0, 0.1) is 0 Å². The number of carbonyl (C=O) groups excluding carboxylic acids is 11. The minimum absolute atomic E-state index is 0.00670. The van der Waals surface area contributed by atoms with Gasteiger partial charge in [0.1, 0.15) is 54.9 Å². The molecule has 0 rings (SSSR count). The third-order valence-corrected chi connectivity index (χ3v) is 12.0. The van der Waals surface area contributed by atoms with Crippen LogP contribution in [0.25, 0.3) is 0 Å². The molecule has 0 aliphatic rings. The van der Waals surface area contributed by atoms with Crippen LogP contribution in [0.5, 0.6) is 0 Å². The Labute approximate surface area is 473 Å². The summed E-state index contributed by atoms with van der Waals surface area (Å²) in [5.74, 6) is -18.0. The van der Waals surface area contributed by atoms with Crippen molar-refractivity contribution in [3.63, 3.8) is 0 Å². The van der Waals surface area contributed by atoms with Gasteiger partial charge in [0.05, 0.1) is 13.2 Å². The second kappa shape index (κ2) is 40.9. The van der Waals surface area contributed by atoms with Gasteiger partial charge in [0, 0.05) is 50.8 Å². The van der Waals surface area contributed by atoms with Gasteiger partial charge in [-0.05, 0) is 71.1 Å². The van der Waals surface area contributed by atoms with Crippen LogP contribution in [0.1, 0.15) is 104 Å². The molecule has 8 atom stereocenters. The Bertz CT molecular complexity index is 2260. The predicted octanol–water partition coefficient (Wildman–Crippen LogP) is -6.16. The van der Waals surface area contributed by atoms with E-state index in [1.165, 1.54) is 18.7 Å². The van der Waals surface area contributed by atoms with Gasteiger partial charge in [0.2, 0.25) is 65.0 Å². The van der Waals surface area contributed by atoms with E-state index >= 15 is 0 Å². The highest BCUT2D eigenvalue weighted by molar-refractivity contribution is 7.98. The molecule has 0 bridgehead atoms. The Morgan fingerprint density at radius 1 is 0.451 bits per heavy atom. The lowest BCUT2D eigenvalue weighted by molar-refractivity contribution is -0.141. The van der Waals surface area contributed by atoms with Crippen LogP contribution in [0.4, 0.5) is 0 Å². The summed E-state index contributed by atoms with van der Waals surface area (Å²) in [4.78, 5) is 200. The first-order chi connectivity index (χ1) is 38.5. The third kappa shape index (κ3) is 33.4. The van der Waals surface area contributed by atoms with Gasteiger partial charge in [-0.1, -0.05) is 6.92 Å². The Hall–Kier alpha value is -8.21. The minimum atomic E-state index is -1.96. The van der Waals surface area contributed by atoms with Crippen molar-refractivity contribution in [2.45, 2.75) is 152 Å². The molecule has 0 aromatic carbocycles. The fourth-order valence-corrected chi connectivity index (χ4v) is 7.46. The number of primary amides is 1. The summed E-state index contributed by atoms with van der Waals surface area (Å²) in [5, 5.41) is 69.9. The minimum Gasteiger partial charge on any atom is -0.481 e. The molecule has 0 heterocycles. The molecule has 462 valence electrons. The first-order valence-electron chi connectivity index (χ1n) is 25.7. The number of nitrogens with one attached hydrogen (secondary N) is 10. The van der Waals surface area contributed by atoms with E-state index < -0.39 is 215 Å². The van der Waals surface area contributed by atoms with Crippen LogP contribution in [-0.2, 0) is 81.4 Å². The number of carbonyl (C=O) groups is 16. The Kier molecular flexibility index (Phi) is 36.8. The number of amides is 11. The van der Waals surface area contributed by atoms with E-state index in [9.17, 15) is 102 Å². The highest BCUT2D eigenvalue weighted by Crippen LogP contribution is 2.10. The fraction of sp³-hybridized carbons (Fsp3) is 0.660. The van der Waals surface area contributed by atoms with E-state index in [0.29, 0.717) is 12.8 Å². The van der Waals surface area contributed by atoms with Gasteiger partial charge in [0.15, 0.2) is 0 Å². The molecule has 0 spiro atoms. The third-order valence-electron chi connectivity index (χ3n) is 11.3. The normalized spacial score (nSPS) is 13.7. The monoisotopic (exact) mass is 1190 g/mol. The van der Waals surface area contributed by atoms with E-state index in [4.69, 9.17) is 16.2 Å². The SMILES string of the molecule is CCC(=O)N[C@@H](CSC)C(=O)N[C@@H](C)C(=O)NCC(=O)NCCOCC(=O)N[C@H](CCC(=O)O)C(=O)N[C@H](CCC(=O)O)C(=O)N[C@H](CCC(=O)O)C(=O)N[C@H](CCC(=O)O)C(=O)N[C@H](CCC(=O)O)C(=O)N[C@H](CCCCN)C(N)=O. The van der Waals surface area contributed by atoms with E-state index in [1.807, 2.05) is 0 Å². The zero-order chi connectivity index (χ0) is 62.5. The summed E-state index contributed by atoms with van der Waals surface area (Å²) in [5.41, 5.74) is 10.9. The number of carboxylic acid groups (broad SMARTS) is 5. The van der Waals surface area contributed by atoms with Crippen molar-refractivity contribution in [3.8, 4) is 0 Å². The summed E-state index contributed by atoms with van der Waals surface area (Å²) >= 11 is 1.29. The lowest BCUT2D eigenvalue weighted by Gasteiger charge is -2.27. The van der Waals surface area contributed by atoms with Crippen LogP contribution in [0.3, 0.4) is 0 Å². The molecule has 0 saturated carbocycles. The molecule has 11 amide bonds. The average molecular weight is 1190 g/mol. The van der Waals surface area contributed by atoms with Gasteiger partial charge >= 0.3 is 29.8 Å². The molecular weight excluding hydrogens is 1120 g/mol. The lowest BCUT2D eigenvalue weighted by Crippen LogP contribution is -2.59. The highest BCUT2D eigenvalue weighted by atomic mass is 32.2. The fourth-order valence-electron chi connectivity index (χ4n) is 6.89.